The van der Waals surface area contributed by atoms with E-state index in [0.29, 0.717) is 0 Å². The van der Waals surface area contributed by atoms with Gasteiger partial charge in [0.05, 0.1) is 6.10 Å². The molecule has 0 spiro atoms. The van der Waals surface area contributed by atoms with Gasteiger partial charge in [0.15, 0.2) is 0 Å². The molecule has 0 aromatic rings. The van der Waals surface area contributed by atoms with Gasteiger partial charge >= 0.3 is 0 Å². The molecule has 1 N–H and O–H groups in total. The standard InChI is InChI=1S/C11H21NO/c13-11-6-3-7-12(9-11)8-10-4-1-2-5-10/h10-11,13H,1-9H2. The molecule has 2 nitrogen and oxygen atoms in total. The summed E-state index contributed by atoms with van der Waals surface area (Å²) in [7, 11) is 0. The van der Waals surface area contributed by atoms with Crippen molar-refractivity contribution < 1.29 is 5.11 Å². The molecule has 1 heterocycles. The largest absolute Gasteiger partial charge is 0.392 e. The van der Waals surface area contributed by atoms with Gasteiger partial charge < -0.3 is 10.0 Å². The molecule has 2 fully saturated rings. The number of hydrogen-bond donors (Lipinski definition) is 1. The number of nitrogens with zero attached hydrogens (tertiary/aromatic N) is 1. The number of aliphatic hydroxyl groups is 1. The van der Waals surface area contributed by atoms with Crippen LogP contribution in [0.2, 0.25) is 0 Å². The quantitative estimate of drug-likeness (QED) is 0.703. The Hall–Kier alpha value is -0.0800. The first-order valence-electron chi connectivity index (χ1n) is 5.75. The van der Waals surface area contributed by atoms with Gasteiger partial charge in [-0.1, -0.05) is 12.8 Å². The molecule has 1 unspecified atom stereocenters. The highest BCUT2D eigenvalue weighted by Gasteiger charge is 2.22. The summed E-state index contributed by atoms with van der Waals surface area (Å²) in [5.41, 5.74) is 0. The van der Waals surface area contributed by atoms with Crippen LogP contribution in [0.25, 0.3) is 0 Å². The van der Waals surface area contributed by atoms with Crippen molar-refractivity contribution in [3.63, 3.8) is 0 Å². The fraction of sp³-hybridized carbons (Fsp3) is 1.00. The molecule has 0 bridgehead atoms. The third-order valence-electron chi connectivity index (χ3n) is 3.47. The molecule has 1 aliphatic heterocycles. The number of β-amino-alcohol motifs (C(OH)–C–C–N with tert-alkyl or cyclic N) is 1. The van der Waals surface area contributed by atoms with Gasteiger partial charge in [-0.25, -0.2) is 0 Å². The van der Waals surface area contributed by atoms with Gasteiger partial charge in [0.25, 0.3) is 0 Å². The zero-order valence-corrected chi connectivity index (χ0v) is 8.41. The average molecular weight is 183 g/mol. The third kappa shape index (κ3) is 2.68. The summed E-state index contributed by atoms with van der Waals surface area (Å²) in [4.78, 5) is 2.46. The van der Waals surface area contributed by atoms with Crippen molar-refractivity contribution in [2.75, 3.05) is 19.6 Å². The van der Waals surface area contributed by atoms with Crippen molar-refractivity contribution in [2.24, 2.45) is 5.92 Å². The molecule has 0 radical (unpaired) electrons. The van der Waals surface area contributed by atoms with Gasteiger partial charge in [-0.2, -0.15) is 0 Å². The van der Waals surface area contributed by atoms with Crippen LogP contribution in [0, 0.1) is 5.92 Å². The van der Waals surface area contributed by atoms with E-state index in [2.05, 4.69) is 4.90 Å². The maximum absolute atomic E-state index is 9.51. The highest BCUT2D eigenvalue weighted by Crippen LogP contribution is 2.26. The summed E-state index contributed by atoms with van der Waals surface area (Å²) in [6, 6.07) is 0. The molecule has 1 aliphatic carbocycles. The Balaban J connectivity index is 1.73. The molecule has 0 aromatic heterocycles. The summed E-state index contributed by atoms with van der Waals surface area (Å²) in [5.74, 6) is 0.935. The van der Waals surface area contributed by atoms with E-state index in [1.807, 2.05) is 0 Å². The molecule has 1 saturated heterocycles. The van der Waals surface area contributed by atoms with Crippen LogP contribution < -0.4 is 0 Å². The first-order valence-corrected chi connectivity index (χ1v) is 5.75. The van der Waals surface area contributed by atoms with Gasteiger partial charge in [0, 0.05) is 13.1 Å². The fourth-order valence-corrected chi connectivity index (χ4v) is 2.76. The SMILES string of the molecule is OC1CCCN(CC2CCCC2)C1. The summed E-state index contributed by atoms with van der Waals surface area (Å²) in [6.07, 6.45) is 7.87. The second kappa shape index (κ2) is 4.43. The molecular weight excluding hydrogens is 162 g/mol. The van der Waals surface area contributed by atoms with Crippen LogP contribution >= 0.6 is 0 Å². The normalized spacial score (nSPS) is 32.5. The Morgan fingerprint density at radius 1 is 1.08 bits per heavy atom. The van der Waals surface area contributed by atoms with Crippen molar-refractivity contribution in [1.29, 1.82) is 0 Å². The van der Waals surface area contributed by atoms with E-state index in [9.17, 15) is 5.11 Å². The zero-order chi connectivity index (χ0) is 9.10. The molecule has 2 rings (SSSR count). The molecule has 2 aliphatic rings. The van der Waals surface area contributed by atoms with Crippen molar-refractivity contribution >= 4 is 0 Å². The minimum atomic E-state index is -0.0462. The lowest BCUT2D eigenvalue weighted by molar-refractivity contribution is 0.0625. The summed E-state index contributed by atoms with van der Waals surface area (Å²) < 4.78 is 0. The molecule has 13 heavy (non-hydrogen) atoms. The van der Waals surface area contributed by atoms with Crippen LogP contribution in [0.5, 0.6) is 0 Å². The summed E-state index contributed by atoms with van der Waals surface area (Å²) >= 11 is 0. The summed E-state index contributed by atoms with van der Waals surface area (Å²) in [6.45, 7) is 3.39. The molecular formula is C11H21NO. The van der Waals surface area contributed by atoms with E-state index >= 15 is 0 Å². The Kier molecular flexibility index (Phi) is 3.23. The van der Waals surface area contributed by atoms with E-state index < -0.39 is 0 Å². The number of rotatable bonds is 2. The minimum Gasteiger partial charge on any atom is -0.392 e. The van der Waals surface area contributed by atoms with Crippen molar-refractivity contribution in [3.8, 4) is 0 Å². The maximum Gasteiger partial charge on any atom is 0.0667 e. The molecule has 0 amide bonds. The van der Waals surface area contributed by atoms with Crippen LogP contribution in [-0.2, 0) is 0 Å². The van der Waals surface area contributed by atoms with Gasteiger partial charge in [-0.3, -0.25) is 0 Å². The van der Waals surface area contributed by atoms with Crippen LogP contribution in [0.1, 0.15) is 38.5 Å². The first kappa shape index (κ1) is 9.47. The Morgan fingerprint density at radius 2 is 1.85 bits per heavy atom. The van der Waals surface area contributed by atoms with E-state index in [4.69, 9.17) is 0 Å². The Bertz CT molecular complexity index is 154. The Labute approximate surface area is 80.9 Å². The molecule has 0 aromatic carbocycles. The lowest BCUT2D eigenvalue weighted by atomic mass is 10.0. The lowest BCUT2D eigenvalue weighted by Gasteiger charge is -2.31. The van der Waals surface area contributed by atoms with Gasteiger partial charge in [0.1, 0.15) is 0 Å². The fourth-order valence-electron chi connectivity index (χ4n) is 2.76. The molecule has 1 atom stereocenters. The highest BCUT2D eigenvalue weighted by molar-refractivity contribution is 4.76. The van der Waals surface area contributed by atoms with E-state index in [0.717, 1.165) is 18.9 Å². The van der Waals surface area contributed by atoms with Crippen molar-refractivity contribution in [2.45, 2.75) is 44.6 Å². The van der Waals surface area contributed by atoms with E-state index in [1.54, 1.807) is 0 Å². The second-order valence-electron chi connectivity index (χ2n) is 4.71. The third-order valence-corrected chi connectivity index (χ3v) is 3.47. The van der Waals surface area contributed by atoms with Crippen LogP contribution in [0.15, 0.2) is 0 Å². The van der Waals surface area contributed by atoms with Crippen LogP contribution in [-0.4, -0.2) is 35.7 Å². The predicted octanol–water partition coefficient (Wildman–Crippen LogP) is 1.63. The predicted molar refractivity (Wildman–Crippen MR) is 53.6 cm³/mol. The van der Waals surface area contributed by atoms with Gasteiger partial charge in [0.2, 0.25) is 0 Å². The van der Waals surface area contributed by atoms with Gasteiger partial charge in [-0.05, 0) is 38.1 Å². The van der Waals surface area contributed by atoms with Crippen molar-refractivity contribution in [1.82, 2.24) is 4.90 Å². The van der Waals surface area contributed by atoms with Gasteiger partial charge in [-0.15, -0.1) is 0 Å². The smallest absolute Gasteiger partial charge is 0.0667 e. The van der Waals surface area contributed by atoms with Crippen LogP contribution in [0.3, 0.4) is 0 Å². The second-order valence-corrected chi connectivity index (χ2v) is 4.71. The average Bonchev–Trinajstić information content (AvgIpc) is 2.57. The van der Waals surface area contributed by atoms with E-state index in [-0.39, 0.29) is 6.10 Å². The zero-order valence-electron chi connectivity index (χ0n) is 8.41. The highest BCUT2D eigenvalue weighted by atomic mass is 16.3. The molecule has 2 heteroatoms. The maximum atomic E-state index is 9.51. The number of likely N-dealkylation sites (tertiary alicyclic amines) is 1. The summed E-state index contributed by atoms with van der Waals surface area (Å²) in [5, 5.41) is 9.51. The minimum absolute atomic E-state index is 0.0462. The lowest BCUT2D eigenvalue weighted by Crippen LogP contribution is -2.40. The number of aliphatic hydroxyl groups excluding tert-OH is 1. The molecule has 76 valence electrons. The number of hydrogen-bond acceptors (Lipinski definition) is 2. The van der Waals surface area contributed by atoms with Crippen molar-refractivity contribution in [3.05, 3.63) is 0 Å². The molecule has 1 saturated carbocycles. The van der Waals surface area contributed by atoms with Crippen LogP contribution in [0.4, 0.5) is 0 Å². The first-order chi connectivity index (χ1) is 6.34. The topological polar surface area (TPSA) is 23.5 Å². The number of piperidine rings is 1. The monoisotopic (exact) mass is 183 g/mol. The van der Waals surface area contributed by atoms with E-state index in [1.165, 1.54) is 45.2 Å². The Morgan fingerprint density at radius 3 is 2.54 bits per heavy atom.